The molecule has 2 aromatic carbocycles. The van der Waals surface area contributed by atoms with Crippen LogP contribution < -0.4 is 9.47 Å². The van der Waals surface area contributed by atoms with E-state index in [4.69, 9.17) is 21.1 Å². The molecular formula is C16H14BrClO3. The van der Waals surface area contributed by atoms with Gasteiger partial charge in [0.2, 0.25) is 0 Å². The molecule has 0 bridgehead atoms. The van der Waals surface area contributed by atoms with E-state index in [1.165, 1.54) is 7.11 Å². The quantitative estimate of drug-likeness (QED) is 0.555. The highest BCUT2D eigenvalue weighted by molar-refractivity contribution is 9.09. The van der Waals surface area contributed by atoms with Crippen LogP contribution >= 0.6 is 27.5 Å². The van der Waals surface area contributed by atoms with Gasteiger partial charge >= 0.3 is 0 Å². The van der Waals surface area contributed by atoms with E-state index in [0.29, 0.717) is 28.7 Å². The van der Waals surface area contributed by atoms with Gasteiger partial charge in [-0.1, -0.05) is 57.9 Å². The number of hydrogen-bond donors (Lipinski definition) is 0. The Bertz CT molecular complexity index is 629. The number of carbonyl (C=O) groups is 1. The van der Waals surface area contributed by atoms with Crippen LogP contribution in [0.1, 0.15) is 15.9 Å². The Balaban J connectivity index is 2.29. The summed E-state index contributed by atoms with van der Waals surface area (Å²) in [6.45, 7) is 0.369. The number of carbonyl (C=O) groups excluding carboxylic acids is 1. The van der Waals surface area contributed by atoms with Gasteiger partial charge in [-0.2, -0.15) is 0 Å². The van der Waals surface area contributed by atoms with Gasteiger partial charge in [-0.15, -0.1) is 0 Å². The van der Waals surface area contributed by atoms with Gasteiger partial charge < -0.3 is 9.47 Å². The van der Waals surface area contributed by atoms with Gasteiger partial charge in [0.05, 0.1) is 23.0 Å². The molecular weight excluding hydrogens is 356 g/mol. The third-order valence-corrected chi connectivity index (χ3v) is 3.72. The second-order valence-corrected chi connectivity index (χ2v) is 5.28. The number of ketones is 1. The number of hydrogen-bond acceptors (Lipinski definition) is 3. The topological polar surface area (TPSA) is 35.5 Å². The SMILES string of the molecule is COc1cc(OCc2ccccc2)c(C(=O)CBr)cc1Cl. The maximum Gasteiger partial charge on any atom is 0.177 e. The van der Waals surface area contributed by atoms with E-state index < -0.39 is 0 Å². The first-order chi connectivity index (χ1) is 10.2. The summed E-state index contributed by atoms with van der Waals surface area (Å²) in [6, 6.07) is 12.9. The first-order valence-electron chi connectivity index (χ1n) is 6.29. The second kappa shape index (κ2) is 7.48. The average Bonchev–Trinajstić information content (AvgIpc) is 2.53. The third kappa shape index (κ3) is 3.99. The van der Waals surface area contributed by atoms with Crippen molar-refractivity contribution in [1.82, 2.24) is 0 Å². The number of Topliss-reactive ketones (excluding diaryl/α,β-unsaturated/α-hetero) is 1. The van der Waals surface area contributed by atoms with Crippen molar-refractivity contribution in [2.75, 3.05) is 12.4 Å². The Labute approximate surface area is 137 Å². The molecule has 0 spiro atoms. The first-order valence-corrected chi connectivity index (χ1v) is 7.79. The lowest BCUT2D eigenvalue weighted by molar-refractivity contribution is 0.101. The molecule has 0 heterocycles. The number of benzene rings is 2. The van der Waals surface area contributed by atoms with Crippen LogP contribution in [0.3, 0.4) is 0 Å². The monoisotopic (exact) mass is 368 g/mol. The fraction of sp³-hybridized carbons (Fsp3) is 0.188. The Morgan fingerprint density at radius 1 is 1.19 bits per heavy atom. The van der Waals surface area contributed by atoms with Crippen molar-refractivity contribution in [1.29, 1.82) is 0 Å². The summed E-state index contributed by atoms with van der Waals surface area (Å²) in [5, 5.41) is 0.589. The molecule has 0 saturated heterocycles. The Hall–Kier alpha value is -1.52. The molecule has 0 aliphatic carbocycles. The van der Waals surface area contributed by atoms with Crippen LogP contribution in [0.4, 0.5) is 0 Å². The smallest absolute Gasteiger partial charge is 0.177 e. The van der Waals surface area contributed by atoms with Gasteiger partial charge in [0, 0.05) is 6.07 Å². The Morgan fingerprint density at radius 2 is 1.90 bits per heavy atom. The maximum absolute atomic E-state index is 12.0. The fourth-order valence-corrected chi connectivity index (χ4v) is 2.38. The van der Waals surface area contributed by atoms with Gasteiger partial charge in [-0.25, -0.2) is 0 Å². The lowest BCUT2D eigenvalue weighted by Crippen LogP contribution is -2.06. The van der Waals surface area contributed by atoms with E-state index in [2.05, 4.69) is 15.9 Å². The van der Waals surface area contributed by atoms with Gasteiger partial charge in [-0.05, 0) is 11.6 Å². The average molecular weight is 370 g/mol. The number of methoxy groups -OCH3 is 1. The van der Waals surface area contributed by atoms with Crippen molar-refractivity contribution in [3.05, 3.63) is 58.6 Å². The lowest BCUT2D eigenvalue weighted by Gasteiger charge is -2.13. The maximum atomic E-state index is 12.0. The molecule has 0 aliphatic heterocycles. The van der Waals surface area contributed by atoms with Crippen LogP contribution in [0.25, 0.3) is 0 Å². The van der Waals surface area contributed by atoms with Crippen LogP contribution in [-0.2, 0) is 6.61 Å². The molecule has 0 amide bonds. The molecule has 3 nitrogen and oxygen atoms in total. The highest BCUT2D eigenvalue weighted by Crippen LogP contribution is 2.33. The van der Waals surface area contributed by atoms with E-state index in [1.807, 2.05) is 30.3 Å². The number of rotatable bonds is 6. The molecule has 2 aromatic rings. The van der Waals surface area contributed by atoms with Crippen LogP contribution in [0.5, 0.6) is 11.5 Å². The minimum Gasteiger partial charge on any atom is -0.495 e. The summed E-state index contributed by atoms with van der Waals surface area (Å²) in [5.41, 5.74) is 1.46. The van der Waals surface area contributed by atoms with Gasteiger partial charge in [0.25, 0.3) is 0 Å². The predicted octanol–water partition coefficient (Wildman–Crippen LogP) is 4.51. The molecule has 21 heavy (non-hydrogen) atoms. The van der Waals surface area contributed by atoms with Crippen LogP contribution in [-0.4, -0.2) is 18.2 Å². The molecule has 0 fully saturated rings. The summed E-state index contributed by atoms with van der Waals surface area (Å²) in [4.78, 5) is 12.0. The number of alkyl halides is 1. The van der Waals surface area contributed by atoms with Gasteiger partial charge in [0.1, 0.15) is 18.1 Å². The first kappa shape index (κ1) is 15.9. The summed E-state index contributed by atoms with van der Waals surface area (Å²) in [5.74, 6) is 0.845. The molecule has 0 aromatic heterocycles. The van der Waals surface area contributed by atoms with Crippen molar-refractivity contribution in [2.24, 2.45) is 0 Å². The van der Waals surface area contributed by atoms with E-state index >= 15 is 0 Å². The van der Waals surface area contributed by atoms with E-state index in [1.54, 1.807) is 12.1 Å². The molecule has 5 heteroatoms. The van der Waals surface area contributed by atoms with Crippen molar-refractivity contribution >= 4 is 33.3 Å². The molecule has 110 valence electrons. The van der Waals surface area contributed by atoms with Crippen LogP contribution in [0.15, 0.2) is 42.5 Å². The Kier molecular flexibility index (Phi) is 5.65. The Morgan fingerprint density at radius 3 is 2.52 bits per heavy atom. The van der Waals surface area contributed by atoms with E-state index in [-0.39, 0.29) is 11.1 Å². The summed E-state index contributed by atoms with van der Waals surface area (Å²) in [7, 11) is 1.52. The zero-order valence-electron chi connectivity index (χ0n) is 11.4. The van der Waals surface area contributed by atoms with Crippen LogP contribution in [0, 0.1) is 0 Å². The number of ether oxygens (including phenoxy) is 2. The summed E-state index contributed by atoms with van der Waals surface area (Å²) < 4.78 is 10.9. The minimum atomic E-state index is -0.0948. The number of halogens is 2. The fourth-order valence-electron chi connectivity index (χ4n) is 1.84. The van der Waals surface area contributed by atoms with E-state index in [0.717, 1.165) is 5.56 Å². The second-order valence-electron chi connectivity index (χ2n) is 4.31. The molecule has 0 unspecified atom stereocenters. The molecule has 0 atom stereocenters. The summed E-state index contributed by atoms with van der Waals surface area (Å²) >= 11 is 9.23. The molecule has 0 N–H and O–H groups in total. The normalized spacial score (nSPS) is 10.2. The van der Waals surface area contributed by atoms with Gasteiger partial charge in [0.15, 0.2) is 5.78 Å². The van der Waals surface area contributed by atoms with Crippen molar-refractivity contribution in [3.8, 4) is 11.5 Å². The molecule has 2 rings (SSSR count). The minimum absolute atomic E-state index is 0.0948. The third-order valence-electron chi connectivity index (χ3n) is 2.91. The largest absolute Gasteiger partial charge is 0.495 e. The predicted molar refractivity (Wildman–Crippen MR) is 86.9 cm³/mol. The highest BCUT2D eigenvalue weighted by Gasteiger charge is 2.16. The highest BCUT2D eigenvalue weighted by atomic mass is 79.9. The van der Waals surface area contributed by atoms with Crippen LogP contribution in [0.2, 0.25) is 5.02 Å². The zero-order valence-corrected chi connectivity index (χ0v) is 13.8. The molecule has 0 saturated carbocycles. The van der Waals surface area contributed by atoms with Crippen molar-refractivity contribution < 1.29 is 14.3 Å². The standard InChI is InChI=1S/C16H14BrClO3/c1-20-16-8-15(12(7-13(16)18)14(19)9-17)21-10-11-5-3-2-4-6-11/h2-8H,9-10H2,1H3. The molecule has 0 radical (unpaired) electrons. The van der Waals surface area contributed by atoms with Gasteiger partial charge in [-0.3, -0.25) is 4.79 Å². The zero-order chi connectivity index (χ0) is 15.2. The lowest BCUT2D eigenvalue weighted by atomic mass is 10.1. The van der Waals surface area contributed by atoms with E-state index in [9.17, 15) is 4.79 Å². The van der Waals surface area contributed by atoms with Crippen molar-refractivity contribution in [3.63, 3.8) is 0 Å². The van der Waals surface area contributed by atoms with Crippen molar-refractivity contribution in [2.45, 2.75) is 6.61 Å². The summed E-state index contributed by atoms with van der Waals surface area (Å²) in [6.07, 6.45) is 0. The molecule has 0 aliphatic rings.